The summed E-state index contributed by atoms with van der Waals surface area (Å²) < 4.78 is 5.68. The van der Waals surface area contributed by atoms with E-state index in [9.17, 15) is 9.59 Å². The number of benzene rings is 2. The molecule has 6 heteroatoms. The molecule has 0 aromatic heterocycles. The standard InChI is InChI=1S/C24H29ClN2O3/c1-17-11-13-21(14-12-17)30-16-23(28)27(15-19-7-3-6-10-22(19)25)18(2)24(29)26-20-8-4-5-9-20/h3,6-7,10-14,18,20H,4-5,8-9,15-16H2,1-2H3,(H,26,29). The van der Waals surface area contributed by atoms with E-state index in [2.05, 4.69) is 5.32 Å². The number of nitrogens with one attached hydrogen (secondary N) is 1. The summed E-state index contributed by atoms with van der Waals surface area (Å²) >= 11 is 6.31. The second-order valence-corrected chi connectivity index (χ2v) is 8.29. The Labute approximate surface area is 183 Å². The number of carbonyl (C=O) groups is 2. The van der Waals surface area contributed by atoms with E-state index in [1.54, 1.807) is 17.9 Å². The Balaban J connectivity index is 1.71. The quantitative estimate of drug-likeness (QED) is 0.673. The first kappa shape index (κ1) is 22.2. The Kier molecular flexibility index (Phi) is 7.75. The maximum Gasteiger partial charge on any atom is 0.261 e. The smallest absolute Gasteiger partial charge is 0.261 e. The molecule has 0 bridgehead atoms. The number of hydrogen-bond donors (Lipinski definition) is 1. The normalized spacial score (nSPS) is 14.9. The van der Waals surface area contributed by atoms with Gasteiger partial charge in [-0.25, -0.2) is 0 Å². The third-order valence-corrected chi connectivity index (χ3v) is 5.92. The van der Waals surface area contributed by atoms with Gasteiger partial charge < -0.3 is 15.0 Å². The van der Waals surface area contributed by atoms with Crippen LogP contribution in [0.15, 0.2) is 48.5 Å². The Morgan fingerprint density at radius 2 is 1.80 bits per heavy atom. The highest BCUT2D eigenvalue weighted by Gasteiger charge is 2.29. The van der Waals surface area contributed by atoms with Gasteiger partial charge in [-0.1, -0.05) is 60.3 Å². The third-order valence-electron chi connectivity index (χ3n) is 5.55. The van der Waals surface area contributed by atoms with Crippen LogP contribution in [0.25, 0.3) is 0 Å². The number of rotatable bonds is 8. The van der Waals surface area contributed by atoms with E-state index in [1.807, 2.05) is 49.4 Å². The van der Waals surface area contributed by atoms with Gasteiger partial charge >= 0.3 is 0 Å². The molecule has 2 amide bonds. The molecule has 1 fully saturated rings. The van der Waals surface area contributed by atoms with Crippen LogP contribution in [0.4, 0.5) is 0 Å². The molecular formula is C24H29ClN2O3. The van der Waals surface area contributed by atoms with Crippen molar-refractivity contribution in [2.75, 3.05) is 6.61 Å². The molecular weight excluding hydrogens is 400 g/mol. The molecule has 1 aliphatic rings. The summed E-state index contributed by atoms with van der Waals surface area (Å²) in [5.41, 5.74) is 1.91. The Hall–Kier alpha value is -2.53. The van der Waals surface area contributed by atoms with Gasteiger partial charge in [-0.05, 0) is 50.5 Å². The highest BCUT2D eigenvalue weighted by molar-refractivity contribution is 6.31. The van der Waals surface area contributed by atoms with Crippen LogP contribution in [-0.4, -0.2) is 35.4 Å². The molecule has 30 heavy (non-hydrogen) atoms. The molecule has 1 N–H and O–H groups in total. The van der Waals surface area contributed by atoms with Crippen molar-refractivity contribution in [3.8, 4) is 5.75 Å². The van der Waals surface area contributed by atoms with Crippen LogP contribution in [-0.2, 0) is 16.1 Å². The van der Waals surface area contributed by atoms with Gasteiger partial charge in [0, 0.05) is 17.6 Å². The first-order valence-electron chi connectivity index (χ1n) is 10.5. The van der Waals surface area contributed by atoms with Crippen LogP contribution in [0, 0.1) is 6.92 Å². The lowest BCUT2D eigenvalue weighted by molar-refractivity contribution is -0.142. The van der Waals surface area contributed by atoms with Crippen LogP contribution in [0.3, 0.4) is 0 Å². The number of carbonyl (C=O) groups excluding carboxylic acids is 2. The molecule has 0 saturated heterocycles. The van der Waals surface area contributed by atoms with E-state index < -0.39 is 6.04 Å². The fourth-order valence-electron chi connectivity index (χ4n) is 3.65. The molecule has 5 nitrogen and oxygen atoms in total. The zero-order valence-corrected chi connectivity index (χ0v) is 18.3. The van der Waals surface area contributed by atoms with Crippen LogP contribution in [0.1, 0.15) is 43.7 Å². The van der Waals surface area contributed by atoms with Gasteiger partial charge in [-0.2, -0.15) is 0 Å². The first-order valence-corrected chi connectivity index (χ1v) is 10.8. The van der Waals surface area contributed by atoms with E-state index in [1.165, 1.54) is 0 Å². The molecule has 2 aromatic carbocycles. The lowest BCUT2D eigenvalue weighted by Crippen LogP contribution is -2.50. The second-order valence-electron chi connectivity index (χ2n) is 7.88. The summed E-state index contributed by atoms with van der Waals surface area (Å²) in [5, 5.41) is 3.66. The summed E-state index contributed by atoms with van der Waals surface area (Å²) in [6, 6.07) is 14.4. The minimum atomic E-state index is -0.629. The van der Waals surface area contributed by atoms with Gasteiger partial charge in [0.1, 0.15) is 11.8 Å². The fraction of sp³-hybridized carbons (Fsp3) is 0.417. The van der Waals surface area contributed by atoms with Crippen LogP contribution in [0.2, 0.25) is 5.02 Å². The van der Waals surface area contributed by atoms with Crippen molar-refractivity contribution >= 4 is 23.4 Å². The molecule has 2 aromatic rings. The molecule has 1 unspecified atom stereocenters. The van der Waals surface area contributed by atoms with E-state index in [-0.39, 0.29) is 31.0 Å². The molecule has 0 aliphatic heterocycles. The highest BCUT2D eigenvalue weighted by Crippen LogP contribution is 2.21. The van der Waals surface area contributed by atoms with Crippen molar-refractivity contribution in [1.29, 1.82) is 0 Å². The number of amides is 2. The molecule has 0 heterocycles. The number of hydrogen-bond acceptors (Lipinski definition) is 3. The fourth-order valence-corrected chi connectivity index (χ4v) is 3.84. The number of halogens is 1. The first-order chi connectivity index (χ1) is 14.4. The van der Waals surface area contributed by atoms with Gasteiger partial charge in [-0.3, -0.25) is 9.59 Å². The highest BCUT2D eigenvalue weighted by atomic mass is 35.5. The Bertz CT molecular complexity index is 863. The predicted molar refractivity (Wildman–Crippen MR) is 119 cm³/mol. The Morgan fingerprint density at radius 3 is 2.47 bits per heavy atom. The zero-order valence-electron chi connectivity index (χ0n) is 17.6. The largest absolute Gasteiger partial charge is 0.484 e. The topological polar surface area (TPSA) is 58.6 Å². The van der Waals surface area contributed by atoms with Crippen LogP contribution < -0.4 is 10.1 Å². The number of aryl methyl sites for hydroxylation is 1. The van der Waals surface area contributed by atoms with E-state index in [0.29, 0.717) is 10.8 Å². The van der Waals surface area contributed by atoms with Gasteiger partial charge in [0.25, 0.3) is 5.91 Å². The predicted octanol–water partition coefficient (Wildman–Crippen LogP) is 4.50. The zero-order chi connectivity index (χ0) is 21.5. The minimum absolute atomic E-state index is 0.141. The monoisotopic (exact) mass is 428 g/mol. The molecule has 1 aliphatic carbocycles. The minimum Gasteiger partial charge on any atom is -0.484 e. The van der Waals surface area contributed by atoms with Crippen molar-refractivity contribution in [2.45, 2.75) is 58.2 Å². The maximum absolute atomic E-state index is 13.1. The molecule has 0 spiro atoms. The van der Waals surface area contributed by atoms with Crippen LogP contribution >= 0.6 is 11.6 Å². The lowest BCUT2D eigenvalue weighted by atomic mass is 10.1. The summed E-state index contributed by atoms with van der Waals surface area (Å²) in [7, 11) is 0. The van der Waals surface area contributed by atoms with Gasteiger partial charge in [-0.15, -0.1) is 0 Å². The molecule has 0 radical (unpaired) electrons. The summed E-state index contributed by atoms with van der Waals surface area (Å²) in [4.78, 5) is 27.5. The maximum atomic E-state index is 13.1. The van der Waals surface area contributed by atoms with Crippen molar-refractivity contribution < 1.29 is 14.3 Å². The molecule has 1 saturated carbocycles. The van der Waals surface area contributed by atoms with Gasteiger partial charge in [0.15, 0.2) is 6.61 Å². The van der Waals surface area contributed by atoms with E-state index >= 15 is 0 Å². The second kappa shape index (κ2) is 10.5. The SMILES string of the molecule is Cc1ccc(OCC(=O)N(Cc2ccccc2Cl)C(C)C(=O)NC2CCCC2)cc1. The van der Waals surface area contributed by atoms with Crippen LogP contribution in [0.5, 0.6) is 5.75 Å². The molecule has 1 atom stereocenters. The van der Waals surface area contributed by atoms with Gasteiger partial charge in [0.05, 0.1) is 0 Å². The van der Waals surface area contributed by atoms with Crippen molar-refractivity contribution in [3.05, 3.63) is 64.7 Å². The molecule has 3 rings (SSSR count). The third kappa shape index (κ3) is 5.99. The van der Waals surface area contributed by atoms with Gasteiger partial charge in [0.2, 0.25) is 5.91 Å². The number of nitrogens with zero attached hydrogens (tertiary/aromatic N) is 1. The van der Waals surface area contributed by atoms with E-state index in [0.717, 1.165) is 36.8 Å². The Morgan fingerprint density at radius 1 is 1.13 bits per heavy atom. The number of ether oxygens (including phenoxy) is 1. The van der Waals surface area contributed by atoms with Crippen molar-refractivity contribution in [2.24, 2.45) is 0 Å². The van der Waals surface area contributed by atoms with Crippen molar-refractivity contribution in [1.82, 2.24) is 10.2 Å². The van der Waals surface area contributed by atoms with E-state index in [4.69, 9.17) is 16.3 Å². The lowest BCUT2D eigenvalue weighted by Gasteiger charge is -2.30. The average Bonchev–Trinajstić information content (AvgIpc) is 3.25. The summed E-state index contributed by atoms with van der Waals surface area (Å²) in [5.74, 6) is 0.219. The molecule has 160 valence electrons. The summed E-state index contributed by atoms with van der Waals surface area (Å²) in [6.07, 6.45) is 4.25. The van der Waals surface area contributed by atoms with Crippen molar-refractivity contribution in [3.63, 3.8) is 0 Å². The summed E-state index contributed by atoms with van der Waals surface area (Å²) in [6.45, 7) is 3.85. The average molecular weight is 429 g/mol.